The summed E-state index contributed by atoms with van der Waals surface area (Å²) in [6.45, 7) is 1.01. The third-order valence-corrected chi connectivity index (χ3v) is 5.80. The monoisotopic (exact) mass is 421 g/mol. The van der Waals surface area contributed by atoms with Gasteiger partial charge in [0.1, 0.15) is 5.82 Å². The van der Waals surface area contributed by atoms with Gasteiger partial charge in [0.2, 0.25) is 5.91 Å². The number of fused-ring (bicyclic) bond motifs is 2. The van der Waals surface area contributed by atoms with Crippen LogP contribution in [0.1, 0.15) is 37.1 Å². The molecule has 0 radical (unpaired) electrons. The minimum atomic E-state index is -0.151. The molecule has 2 heterocycles. The molecule has 0 saturated carbocycles. The summed E-state index contributed by atoms with van der Waals surface area (Å²) in [7, 11) is 0. The second-order valence-corrected chi connectivity index (χ2v) is 8.12. The van der Waals surface area contributed by atoms with Crippen LogP contribution in [-0.2, 0) is 24.3 Å². The smallest absolute Gasteiger partial charge is 0.228 e. The summed E-state index contributed by atoms with van der Waals surface area (Å²) in [4.78, 5) is 19.7. The Bertz CT molecular complexity index is 1120. The van der Waals surface area contributed by atoms with Crippen LogP contribution in [0.5, 0.6) is 0 Å². The number of carbonyl (C=O) groups is 1. The number of anilines is 1. The van der Waals surface area contributed by atoms with E-state index in [-0.39, 0.29) is 11.9 Å². The van der Waals surface area contributed by atoms with Crippen LogP contribution in [0.4, 0.5) is 5.69 Å². The van der Waals surface area contributed by atoms with Gasteiger partial charge in [0, 0.05) is 36.1 Å². The number of amides is 1. The minimum absolute atomic E-state index is 0.00307. The van der Waals surface area contributed by atoms with Crippen LogP contribution < -0.4 is 10.6 Å². The van der Waals surface area contributed by atoms with Crippen molar-refractivity contribution < 1.29 is 4.79 Å². The van der Waals surface area contributed by atoms with E-state index in [4.69, 9.17) is 27.6 Å². The van der Waals surface area contributed by atoms with Crippen LogP contribution in [0.2, 0.25) is 5.02 Å². The number of imidazole rings is 1. The van der Waals surface area contributed by atoms with Crippen LogP contribution in [0, 0.1) is 11.3 Å². The molecule has 30 heavy (non-hydrogen) atoms. The van der Waals surface area contributed by atoms with Crippen molar-refractivity contribution >= 4 is 34.2 Å². The Morgan fingerprint density at radius 3 is 2.93 bits per heavy atom. The van der Waals surface area contributed by atoms with Crippen LogP contribution in [0.15, 0.2) is 42.5 Å². The predicted molar refractivity (Wildman–Crippen MR) is 118 cm³/mol. The first-order valence-corrected chi connectivity index (χ1v) is 10.6. The number of hydrogen-bond acceptors (Lipinski definition) is 4. The Morgan fingerprint density at radius 1 is 1.27 bits per heavy atom. The summed E-state index contributed by atoms with van der Waals surface area (Å²) in [6.07, 6.45) is 3.13. The number of hydrogen-bond donors (Lipinski definition) is 1. The van der Waals surface area contributed by atoms with Gasteiger partial charge < -0.3 is 15.2 Å². The maximum Gasteiger partial charge on any atom is 0.228 e. The maximum atomic E-state index is 13.1. The number of nitriles is 1. The van der Waals surface area contributed by atoms with Gasteiger partial charge in [-0.05, 0) is 49.1 Å². The fraction of sp³-hybridized carbons (Fsp3) is 0.348. The molecule has 0 unspecified atom stereocenters. The number of aromatic nitrogens is 2. The first-order chi connectivity index (χ1) is 14.6. The summed E-state index contributed by atoms with van der Waals surface area (Å²) in [5.74, 6) is 0.783. The second kappa shape index (κ2) is 8.86. The average Bonchev–Trinajstić information content (AvgIpc) is 3.06. The Labute approximate surface area is 180 Å². The summed E-state index contributed by atoms with van der Waals surface area (Å²) < 4.78 is 2.09. The first-order valence-electron chi connectivity index (χ1n) is 10.2. The molecule has 1 aliphatic rings. The molecule has 1 aromatic heterocycles. The zero-order valence-corrected chi connectivity index (χ0v) is 17.5. The SMILES string of the molecule is N#CCCCn1c(CN2C(=O)C[C@@H](N)CCc3ccccc32)nc2cc(Cl)ccc21. The van der Waals surface area contributed by atoms with Gasteiger partial charge in [0.05, 0.1) is 23.6 Å². The zero-order chi connectivity index (χ0) is 21.1. The molecule has 0 saturated heterocycles. The normalized spacial score (nSPS) is 16.8. The molecule has 2 aromatic carbocycles. The molecule has 0 aliphatic carbocycles. The number of nitrogens with zero attached hydrogens (tertiary/aromatic N) is 4. The average molecular weight is 422 g/mol. The second-order valence-electron chi connectivity index (χ2n) is 7.69. The molecule has 1 amide bonds. The number of unbranched alkanes of at least 4 members (excludes halogenated alkanes) is 1. The van der Waals surface area contributed by atoms with Crippen LogP contribution >= 0.6 is 11.6 Å². The lowest BCUT2D eigenvalue weighted by Gasteiger charge is -2.29. The fourth-order valence-corrected chi connectivity index (χ4v) is 4.22. The van der Waals surface area contributed by atoms with E-state index in [1.165, 1.54) is 0 Å². The van der Waals surface area contributed by atoms with E-state index < -0.39 is 0 Å². The molecule has 0 bridgehead atoms. The van der Waals surface area contributed by atoms with Gasteiger partial charge in [-0.25, -0.2) is 4.98 Å². The molecular weight excluding hydrogens is 398 g/mol. The highest BCUT2D eigenvalue weighted by molar-refractivity contribution is 6.31. The molecule has 1 atom stereocenters. The van der Waals surface area contributed by atoms with E-state index in [0.717, 1.165) is 41.0 Å². The predicted octanol–water partition coefficient (Wildman–Crippen LogP) is 4.19. The van der Waals surface area contributed by atoms with Crippen molar-refractivity contribution in [2.75, 3.05) is 4.90 Å². The highest BCUT2D eigenvalue weighted by Crippen LogP contribution is 2.29. The Balaban J connectivity index is 1.76. The van der Waals surface area contributed by atoms with Gasteiger partial charge in [-0.15, -0.1) is 0 Å². The van der Waals surface area contributed by atoms with Crippen molar-refractivity contribution in [2.24, 2.45) is 5.73 Å². The van der Waals surface area contributed by atoms with Crippen molar-refractivity contribution in [3.63, 3.8) is 0 Å². The molecule has 4 rings (SSSR count). The van der Waals surface area contributed by atoms with Crippen molar-refractivity contribution in [3.8, 4) is 6.07 Å². The molecule has 154 valence electrons. The van der Waals surface area contributed by atoms with Crippen molar-refractivity contribution in [1.29, 1.82) is 5.26 Å². The highest BCUT2D eigenvalue weighted by Gasteiger charge is 2.26. The van der Waals surface area contributed by atoms with Gasteiger partial charge in [-0.1, -0.05) is 29.8 Å². The van der Waals surface area contributed by atoms with Crippen LogP contribution in [0.25, 0.3) is 11.0 Å². The number of para-hydroxylation sites is 1. The summed E-state index contributed by atoms with van der Waals surface area (Å²) in [5.41, 5.74) is 9.97. The molecule has 1 aliphatic heterocycles. The standard InChI is InChI=1S/C23H24ClN5O/c24-17-8-10-21-19(13-17)27-22(28(21)12-4-3-11-25)15-29-20-6-2-1-5-16(20)7-9-18(26)14-23(29)30/h1-2,5-6,8,10,13,18H,3-4,7,9,12,14-15,26H2/t18-/m0/s1. The van der Waals surface area contributed by atoms with Crippen molar-refractivity contribution in [2.45, 2.75) is 51.2 Å². The number of rotatable bonds is 5. The van der Waals surface area contributed by atoms with E-state index >= 15 is 0 Å². The maximum absolute atomic E-state index is 13.1. The zero-order valence-electron chi connectivity index (χ0n) is 16.7. The molecule has 0 fully saturated rings. The molecule has 7 heteroatoms. The summed E-state index contributed by atoms with van der Waals surface area (Å²) >= 11 is 6.17. The number of carbonyl (C=O) groups excluding carboxylic acids is 1. The van der Waals surface area contributed by atoms with E-state index in [2.05, 4.69) is 16.7 Å². The number of halogens is 1. The largest absolute Gasteiger partial charge is 0.327 e. The van der Waals surface area contributed by atoms with E-state index in [0.29, 0.717) is 37.4 Å². The Hall–Kier alpha value is -2.88. The molecule has 2 N–H and O–H groups in total. The summed E-state index contributed by atoms with van der Waals surface area (Å²) in [6, 6.07) is 15.7. The molecular formula is C23H24ClN5O. The number of benzene rings is 2. The van der Waals surface area contributed by atoms with Crippen molar-refractivity contribution in [1.82, 2.24) is 9.55 Å². The van der Waals surface area contributed by atoms with Gasteiger partial charge in [0.15, 0.2) is 0 Å². The third-order valence-electron chi connectivity index (χ3n) is 5.56. The first kappa shape index (κ1) is 20.4. The van der Waals surface area contributed by atoms with Gasteiger partial charge in [-0.3, -0.25) is 4.79 Å². The van der Waals surface area contributed by atoms with Gasteiger partial charge in [-0.2, -0.15) is 5.26 Å². The molecule has 3 aromatic rings. The lowest BCUT2D eigenvalue weighted by atomic mass is 9.98. The Morgan fingerprint density at radius 2 is 2.10 bits per heavy atom. The molecule has 0 spiro atoms. The van der Waals surface area contributed by atoms with Gasteiger partial charge in [0.25, 0.3) is 0 Å². The summed E-state index contributed by atoms with van der Waals surface area (Å²) in [5, 5.41) is 9.56. The highest BCUT2D eigenvalue weighted by atomic mass is 35.5. The lowest BCUT2D eigenvalue weighted by Crippen LogP contribution is -2.38. The minimum Gasteiger partial charge on any atom is -0.327 e. The van der Waals surface area contributed by atoms with E-state index in [9.17, 15) is 4.79 Å². The van der Waals surface area contributed by atoms with Gasteiger partial charge >= 0.3 is 0 Å². The van der Waals surface area contributed by atoms with Crippen LogP contribution in [-0.4, -0.2) is 21.5 Å². The quantitative estimate of drug-likeness (QED) is 0.625. The topological polar surface area (TPSA) is 87.9 Å². The fourth-order valence-electron chi connectivity index (χ4n) is 4.05. The van der Waals surface area contributed by atoms with Crippen LogP contribution in [0.3, 0.4) is 0 Å². The number of nitrogens with two attached hydrogens (primary N) is 1. The van der Waals surface area contributed by atoms with E-state index in [1.54, 1.807) is 4.90 Å². The molecule has 6 nitrogen and oxygen atoms in total. The third kappa shape index (κ3) is 4.18. The lowest BCUT2D eigenvalue weighted by molar-refractivity contribution is -0.119. The Kier molecular flexibility index (Phi) is 6.03. The van der Waals surface area contributed by atoms with Crippen molar-refractivity contribution in [3.05, 3.63) is 58.9 Å². The number of aryl methyl sites for hydroxylation is 2. The van der Waals surface area contributed by atoms with E-state index in [1.807, 2.05) is 36.4 Å².